The molecule has 0 aliphatic heterocycles. The minimum atomic E-state index is -0.390. The third-order valence-electron chi connectivity index (χ3n) is 2.79. The molecule has 0 bridgehead atoms. The molecule has 0 unspecified atom stereocenters. The van der Waals surface area contributed by atoms with Gasteiger partial charge in [0.05, 0.1) is 11.7 Å². The number of rotatable bonds is 3. The van der Waals surface area contributed by atoms with Crippen LogP contribution in [0.5, 0.6) is 0 Å². The van der Waals surface area contributed by atoms with Crippen molar-refractivity contribution in [2.24, 2.45) is 5.73 Å². The summed E-state index contributed by atoms with van der Waals surface area (Å²) in [6, 6.07) is 0. The molecule has 0 aromatic heterocycles. The van der Waals surface area contributed by atoms with Gasteiger partial charge in [0.2, 0.25) is 5.91 Å². The van der Waals surface area contributed by atoms with Crippen molar-refractivity contribution >= 4 is 5.91 Å². The molecule has 0 spiro atoms. The predicted octanol–water partition coefficient (Wildman–Crippen LogP) is 2.11. The van der Waals surface area contributed by atoms with Crippen LogP contribution in [-0.2, 0) is 9.53 Å². The fourth-order valence-corrected chi connectivity index (χ4v) is 1.69. The van der Waals surface area contributed by atoms with Gasteiger partial charge in [-0.15, -0.1) is 0 Å². The molecule has 0 aromatic rings. The van der Waals surface area contributed by atoms with E-state index in [0.29, 0.717) is 11.3 Å². The van der Waals surface area contributed by atoms with Crippen molar-refractivity contribution in [2.75, 3.05) is 0 Å². The zero-order chi connectivity index (χ0) is 10.6. The number of carbonyl (C=O) groups excluding carboxylic acids is 1. The highest BCUT2D eigenvalue weighted by atomic mass is 16.5. The molecule has 0 atom stereocenters. The Bertz CT molecular complexity index is 240. The van der Waals surface area contributed by atoms with Gasteiger partial charge in [-0.2, -0.15) is 0 Å². The van der Waals surface area contributed by atoms with Crippen LogP contribution in [0, 0.1) is 0 Å². The van der Waals surface area contributed by atoms with Crippen molar-refractivity contribution in [1.29, 1.82) is 0 Å². The standard InChI is InChI=1S/C11H19NO2/c1-8(11(12)13)9(2)14-10-6-4-3-5-7-10/h10H,3-7H2,1-2H3,(H2,12,13). The van der Waals surface area contributed by atoms with Crippen LogP contribution in [0.2, 0.25) is 0 Å². The van der Waals surface area contributed by atoms with E-state index in [1.165, 1.54) is 19.3 Å². The Kier molecular flexibility index (Phi) is 3.98. The molecule has 3 heteroatoms. The van der Waals surface area contributed by atoms with Crippen molar-refractivity contribution in [2.45, 2.75) is 52.1 Å². The zero-order valence-electron chi connectivity index (χ0n) is 9.01. The first kappa shape index (κ1) is 11.1. The van der Waals surface area contributed by atoms with E-state index in [1.54, 1.807) is 6.92 Å². The largest absolute Gasteiger partial charge is 0.495 e. The van der Waals surface area contributed by atoms with Crippen LogP contribution in [0.25, 0.3) is 0 Å². The second kappa shape index (κ2) is 5.03. The summed E-state index contributed by atoms with van der Waals surface area (Å²) in [5, 5.41) is 0. The van der Waals surface area contributed by atoms with Crippen molar-refractivity contribution in [3.05, 3.63) is 11.3 Å². The van der Waals surface area contributed by atoms with Crippen molar-refractivity contribution in [3.63, 3.8) is 0 Å². The Balaban J connectivity index is 2.49. The van der Waals surface area contributed by atoms with E-state index in [4.69, 9.17) is 10.5 Å². The van der Waals surface area contributed by atoms with Crippen molar-refractivity contribution in [3.8, 4) is 0 Å². The number of amides is 1. The number of primary amides is 1. The summed E-state index contributed by atoms with van der Waals surface area (Å²) in [6.07, 6.45) is 6.25. The summed E-state index contributed by atoms with van der Waals surface area (Å²) in [5.41, 5.74) is 5.70. The number of allylic oxidation sites excluding steroid dienone is 1. The van der Waals surface area contributed by atoms with Crippen molar-refractivity contribution in [1.82, 2.24) is 0 Å². The first-order chi connectivity index (χ1) is 6.61. The van der Waals surface area contributed by atoms with Crippen LogP contribution in [-0.4, -0.2) is 12.0 Å². The van der Waals surface area contributed by atoms with Gasteiger partial charge >= 0.3 is 0 Å². The van der Waals surface area contributed by atoms with Crippen LogP contribution < -0.4 is 5.73 Å². The molecule has 1 fully saturated rings. The van der Waals surface area contributed by atoms with E-state index >= 15 is 0 Å². The fraction of sp³-hybridized carbons (Fsp3) is 0.727. The van der Waals surface area contributed by atoms with E-state index < -0.39 is 5.91 Å². The van der Waals surface area contributed by atoms with Gasteiger partial charge in [0.25, 0.3) is 0 Å². The lowest BCUT2D eigenvalue weighted by atomic mass is 9.98. The number of nitrogens with two attached hydrogens (primary N) is 1. The molecule has 0 aromatic carbocycles. The molecular formula is C11H19NO2. The van der Waals surface area contributed by atoms with Gasteiger partial charge in [0.1, 0.15) is 5.76 Å². The van der Waals surface area contributed by atoms with Gasteiger partial charge in [-0.25, -0.2) is 0 Å². The zero-order valence-corrected chi connectivity index (χ0v) is 9.01. The number of ether oxygens (including phenoxy) is 1. The van der Waals surface area contributed by atoms with Crippen LogP contribution in [0.4, 0.5) is 0 Å². The second-order valence-corrected chi connectivity index (χ2v) is 3.92. The molecule has 14 heavy (non-hydrogen) atoms. The maximum atomic E-state index is 10.9. The highest BCUT2D eigenvalue weighted by Crippen LogP contribution is 2.23. The third kappa shape index (κ3) is 3.05. The Morgan fingerprint density at radius 2 is 1.79 bits per heavy atom. The van der Waals surface area contributed by atoms with Crippen molar-refractivity contribution < 1.29 is 9.53 Å². The minimum Gasteiger partial charge on any atom is -0.495 e. The van der Waals surface area contributed by atoms with E-state index in [9.17, 15) is 4.79 Å². The quantitative estimate of drug-likeness (QED) is 0.556. The molecule has 0 radical (unpaired) electrons. The summed E-state index contributed by atoms with van der Waals surface area (Å²) >= 11 is 0. The van der Waals surface area contributed by atoms with E-state index in [1.807, 2.05) is 6.92 Å². The van der Waals surface area contributed by atoms with Gasteiger partial charge < -0.3 is 10.5 Å². The molecule has 1 aliphatic carbocycles. The Morgan fingerprint density at radius 1 is 1.21 bits per heavy atom. The maximum absolute atomic E-state index is 10.9. The topological polar surface area (TPSA) is 52.3 Å². The summed E-state index contributed by atoms with van der Waals surface area (Å²) in [7, 11) is 0. The average Bonchev–Trinajstić information content (AvgIpc) is 2.18. The minimum absolute atomic E-state index is 0.290. The smallest absolute Gasteiger partial charge is 0.247 e. The first-order valence-electron chi connectivity index (χ1n) is 5.25. The summed E-state index contributed by atoms with van der Waals surface area (Å²) in [6.45, 7) is 3.52. The highest BCUT2D eigenvalue weighted by molar-refractivity contribution is 5.91. The molecule has 80 valence electrons. The van der Waals surface area contributed by atoms with Crippen LogP contribution in [0.15, 0.2) is 11.3 Å². The SMILES string of the molecule is CC(OC1CCCCC1)=C(C)C(N)=O. The molecule has 1 amide bonds. The number of hydrogen-bond donors (Lipinski definition) is 1. The Labute approximate surface area is 85.3 Å². The molecule has 1 saturated carbocycles. The van der Waals surface area contributed by atoms with E-state index in [0.717, 1.165) is 12.8 Å². The monoisotopic (exact) mass is 197 g/mol. The molecule has 2 N–H and O–H groups in total. The summed E-state index contributed by atoms with van der Waals surface area (Å²) < 4.78 is 5.69. The highest BCUT2D eigenvalue weighted by Gasteiger charge is 2.16. The lowest BCUT2D eigenvalue weighted by Crippen LogP contribution is -2.19. The summed E-state index contributed by atoms with van der Waals surface area (Å²) in [4.78, 5) is 10.9. The van der Waals surface area contributed by atoms with Crippen LogP contribution in [0.1, 0.15) is 46.0 Å². The number of carbonyl (C=O) groups is 1. The van der Waals surface area contributed by atoms with Crippen LogP contribution in [0.3, 0.4) is 0 Å². The first-order valence-corrected chi connectivity index (χ1v) is 5.25. The van der Waals surface area contributed by atoms with Gasteiger partial charge in [-0.05, 0) is 39.5 Å². The molecule has 1 rings (SSSR count). The molecule has 3 nitrogen and oxygen atoms in total. The predicted molar refractivity (Wildman–Crippen MR) is 55.5 cm³/mol. The molecule has 0 heterocycles. The lowest BCUT2D eigenvalue weighted by Gasteiger charge is -2.23. The molecule has 0 saturated heterocycles. The maximum Gasteiger partial charge on any atom is 0.247 e. The van der Waals surface area contributed by atoms with E-state index in [2.05, 4.69) is 0 Å². The van der Waals surface area contributed by atoms with Gasteiger partial charge in [0.15, 0.2) is 0 Å². The third-order valence-corrected chi connectivity index (χ3v) is 2.79. The summed E-state index contributed by atoms with van der Waals surface area (Å²) in [5.74, 6) is 0.294. The second-order valence-electron chi connectivity index (χ2n) is 3.92. The Morgan fingerprint density at radius 3 is 2.29 bits per heavy atom. The molecule has 1 aliphatic rings. The fourth-order valence-electron chi connectivity index (χ4n) is 1.69. The van der Waals surface area contributed by atoms with Gasteiger partial charge in [0, 0.05) is 0 Å². The Hall–Kier alpha value is -0.990. The lowest BCUT2D eigenvalue weighted by molar-refractivity contribution is -0.114. The average molecular weight is 197 g/mol. The van der Waals surface area contributed by atoms with Gasteiger partial charge in [-0.1, -0.05) is 6.42 Å². The van der Waals surface area contributed by atoms with Crippen LogP contribution >= 0.6 is 0 Å². The van der Waals surface area contributed by atoms with Gasteiger partial charge in [-0.3, -0.25) is 4.79 Å². The normalized spacial score (nSPS) is 20.1. The molecular weight excluding hydrogens is 178 g/mol. The van der Waals surface area contributed by atoms with E-state index in [-0.39, 0.29) is 6.10 Å². The number of hydrogen-bond acceptors (Lipinski definition) is 2.